The third-order valence-electron chi connectivity index (χ3n) is 4.43. The second kappa shape index (κ2) is 6.15. The number of nitrogens with zero attached hydrogens (tertiary/aromatic N) is 2. The standard InChI is InChI=1S/C20H17N3O3/c1-11-10-14(26-20-16-7-9-25-17(16)6-8-21-20)4-5-15(11)18-12(2)19(24)23-22-13(18)3/h4-10H,1-3H3,(H,23,24). The summed E-state index contributed by atoms with van der Waals surface area (Å²) in [6.07, 6.45) is 3.26. The molecule has 0 bridgehead atoms. The highest BCUT2D eigenvalue weighted by Gasteiger charge is 2.14. The molecule has 0 saturated heterocycles. The first-order valence-electron chi connectivity index (χ1n) is 8.21. The van der Waals surface area contributed by atoms with Crippen LogP contribution < -0.4 is 10.3 Å². The van der Waals surface area contributed by atoms with Crippen LogP contribution >= 0.6 is 0 Å². The number of ether oxygens (including phenoxy) is 1. The van der Waals surface area contributed by atoms with E-state index in [1.807, 2.05) is 38.1 Å². The van der Waals surface area contributed by atoms with Crippen molar-refractivity contribution in [2.45, 2.75) is 20.8 Å². The zero-order valence-corrected chi connectivity index (χ0v) is 14.7. The molecule has 0 aliphatic rings. The minimum Gasteiger partial charge on any atom is -0.464 e. The van der Waals surface area contributed by atoms with E-state index in [0.29, 0.717) is 17.2 Å². The summed E-state index contributed by atoms with van der Waals surface area (Å²) in [6.45, 7) is 5.66. The molecule has 6 nitrogen and oxygen atoms in total. The molecular formula is C20H17N3O3. The quantitative estimate of drug-likeness (QED) is 0.598. The van der Waals surface area contributed by atoms with Gasteiger partial charge in [-0.05, 0) is 56.2 Å². The number of aromatic nitrogens is 3. The summed E-state index contributed by atoms with van der Waals surface area (Å²) in [5.41, 5.74) is 4.78. The van der Waals surface area contributed by atoms with E-state index < -0.39 is 0 Å². The zero-order chi connectivity index (χ0) is 18.3. The molecule has 1 N–H and O–H groups in total. The highest BCUT2D eigenvalue weighted by atomic mass is 16.5. The van der Waals surface area contributed by atoms with Crippen LogP contribution in [0.15, 0.2) is 52.0 Å². The molecule has 3 aromatic heterocycles. The SMILES string of the molecule is Cc1cc(Oc2nccc3occc23)ccc1-c1c(C)n[nH]c(=O)c1C. The van der Waals surface area contributed by atoms with Crippen LogP contribution in [0.4, 0.5) is 0 Å². The summed E-state index contributed by atoms with van der Waals surface area (Å²) in [5, 5.41) is 7.41. The number of hydrogen-bond donors (Lipinski definition) is 1. The second-order valence-electron chi connectivity index (χ2n) is 6.17. The van der Waals surface area contributed by atoms with E-state index in [-0.39, 0.29) is 5.56 Å². The maximum atomic E-state index is 11.9. The van der Waals surface area contributed by atoms with Crippen molar-refractivity contribution in [2.24, 2.45) is 0 Å². The van der Waals surface area contributed by atoms with Crippen LogP contribution in [0.1, 0.15) is 16.8 Å². The Morgan fingerprint density at radius 3 is 2.77 bits per heavy atom. The Morgan fingerprint density at radius 1 is 1.12 bits per heavy atom. The van der Waals surface area contributed by atoms with Gasteiger partial charge >= 0.3 is 0 Å². The number of rotatable bonds is 3. The monoisotopic (exact) mass is 347 g/mol. The molecule has 0 atom stereocenters. The number of furan rings is 1. The molecule has 0 amide bonds. The molecule has 26 heavy (non-hydrogen) atoms. The molecule has 6 heteroatoms. The third-order valence-corrected chi connectivity index (χ3v) is 4.43. The number of benzene rings is 1. The summed E-state index contributed by atoms with van der Waals surface area (Å²) in [7, 11) is 0. The van der Waals surface area contributed by atoms with Crippen LogP contribution in [0, 0.1) is 20.8 Å². The van der Waals surface area contributed by atoms with Gasteiger partial charge < -0.3 is 9.15 Å². The minimum atomic E-state index is -0.179. The van der Waals surface area contributed by atoms with Crippen LogP contribution in [-0.2, 0) is 0 Å². The Balaban J connectivity index is 1.75. The number of aromatic amines is 1. The molecule has 0 fully saturated rings. The second-order valence-corrected chi connectivity index (χ2v) is 6.17. The van der Waals surface area contributed by atoms with E-state index in [2.05, 4.69) is 15.2 Å². The summed E-state index contributed by atoms with van der Waals surface area (Å²) in [6, 6.07) is 9.35. The van der Waals surface area contributed by atoms with Crippen molar-refractivity contribution < 1.29 is 9.15 Å². The third kappa shape index (κ3) is 2.65. The van der Waals surface area contributed by atoms with Crippen LogP contribution in [0.2, 0.25) is 0 Å². The van der Waals surface area contributed by atoms with Gasteiger partial charge in [-0.15, -0.1) is 0 Å². The lowest BCUT2D eigenvalue weighted by atomic mass is 9.96. The largest absolute Gasteiger partial charge is 0.464 e. The predicted octanol–water partition coefficient (Wildman–Crippen LogP) is 4.30. The number of H-pyrrole nitrogens is 1. The smallest absolute Gasteiger partial charge is 0.267 e. The molecule has 0 aliphatic carbocycles. The first-order valence-corrected chi connectivity index (χ1v) is 8.21. The molecule has 0 aliphatic heterocycles. The van der Waals surface area contributed by atoms with E-state index in [0.717, 1.165) is 33.4 Å². The normalized spacial score (nSPS) is 11.0. The number of hydrogen-bond acceptors (Lipinski definition) is 5. The fourth-order valence-electron chi connectivity index (χ4n) is 3.10. The van der Waals surface area contributed by atoms with Crippen molar-refractivity contribution in [1.82, 2.24) is 15.2 Å². The summed E-state index contributed by atoms with van der Waals surface area (Å²) < 4.78 is 11.3. The first kappa shape index (κ1) is 16.1. The van der Waals surface area contributed by atoms with Gasteiger partial charge in [-0.25, -0.2) is 10.1 Å². The van der Waals surface area contributed by atoms with Gasteiger partial charge in [-0.3, -0.25) is 4.79 Å². The van der Waals surface area contributed by atoms with Gasteiger partial charge in [0.2, 0.25) is 5.88 Å². The Hall–Kier alpha value is -3.41. The highest BCUT2D eigenvalue weighted by molar-refractivity contribution is 5.82. The van der Waals surface area contributed by atoms with E-state index in [9.17, 15) is 4.79 Å². The Labute approximate surface area is 149 Å². The Kier molecular flexibility index (Phi) is 3.80. The van der Waals surface area contributed by atoms with Crippen LogP contribution in [-0.4, -0.2) is 15.2 Å². The van der Waals surface area contributed by atoms with Crippen molar-refractivity contribution in [1.29, 1.82) is 0 Å². The molecule has 3 heterocycles. The topological polar surface area (TPSA) is 81.0 Å². The van der Waals surface area contributed by atoms with Crippen LogP contribution in [0.3, 0.4) is 0 Å². The zero-order valence-electron chi connectivity index (χ0n) is 14.7. The van der Waals surface area contributed by atoms with Crippen molar-refractivity contribution in [2.75, 3.05) is 0 Å². The van der Waals surface area contributed by atoms with Crippen LogP contribution in [0.5, 0.6) is 11.6 Å². The lowest BCUT2D eigenvalue weighted by Crippen LogP contribution is -2.14. The fourth-order valence-corrected chi connectivity index (χ4v) is 3.10. The molecule has 0 unspecified atom stereocenters. The average molecular weight is 347 g/mol. The van der Waals surface area contributed by atoms with Crippen molar-refractivity contribution >= 4 is 11.0 Å². The molecule has 130 valence electrons. The molecule has 0 radical (unpaired) electrons. The fraction of sp³-hybridized carbons (Fsp3) is 0.150. The highest BCUT2D eigenvalue weighted by Crippen LogP contribution is 2.33. The number of nitrogens with one attached hydrogen (secondary N) is 1. The maximum Gasteiger partial charge on any atom is 0.267 e. The van der Waals surface area contributed by atoms with E-state index in [1.165, 1.54) is 0 Å². The molecule has 4 rings (SSSR count). The van der Waals surface area contributed by atoms with Crippen molar-refractivity contribution in [3.63, 3.8) is 0 Å². The maximum absolute atomic E-state index is 11.9. The summed E-state index contributed by atoms with van der Waals surface area (Å²) in [5.74, 6) is 1.16. The van der Waals surface area contributed by atoms with Gasteiger partial charge in [0.1, 0.15) is 11.3 Å². The van der Waals surface area contributed by atoms with Gasteiger partial charge in [0.05, 0.1) is 17.3 Å². The van der Waals surface area contributed by atoms with Crippen LogP contribution in [0.25, 0.3) is 22.1 Å². The van der Waals surface area contributed by atoms with E-state index in [1.54, 1.807) is 25.5 Å². The molecular weight excluding hydrogens is 330 g/mol. The van der Waals surface area contributed by atoms with Gasteiger partial charge in [-0.1, -0.05) is 6.07 Å². The molecule has 1 aromatic carbocycles. The van der Waals surface area contributed by atoms with Crippen molar-refractivity contribution in [3.8, 4) is 22.8 Å². The van der Waals surface area contributed by atoms with Gasteiger partial charge in [0.25, 0.3) is 5.56 Å². The Morgan fingerprint density at radius 2 is 1.96 bits per heavy atom. The number of aryl methyl sites for hydroxylation is 2. The van der Waals surface area contributed by atoms with Gasteiger partial charge in [-0.2, -0.15) is 5.10 Å². The summed E-state index contributed by atoms with van der Waals surface area (Å²) >= 11 is 0. The minimum absolute atomic E-state index is 0.179. The van der Waals surface area contributed by atoms with Gasteiger partial charge in [0.15, 0.2) is 0 Å². The number of pyridine rings is 1. The molecule has 0 spiro atoms. The van der Waals surface area contributed by atoms with E-state index in [4.69, 9.17) is 9.15 Å². The van der Waals surface area contributed by atoms with Crippen molar-refractivity contribution in [3.05, 3.63) is 70.0 Å². The molecule has 4 aromatic rings. The Bertz CT molecular complexity index is 1170. The summed E-state index contributed by atoms with van der Waals surface area (Å²) in [4.78, 5) is 16.2. The first-order chi connectivity index (χ1) is 12.5. The van der Waals surface area contributed by atoms with E-state index >= 15 is 0 Å². The number of fused-ring (bicyclic) bond motifs is 1. The lowest BCUT2D eigenvalue weighted by Gasteiger charge is -2.13. The average Bonchev–Trinajstić information content (AvgIpc) is 3.10. The lowest BCUT2D eigenvalue weighted by molar-refractivity contribution is 0.468. The molecule has 0 saturated carbocycles. The van der Waals surface area contributed by atoms with Gasteiger partial charge in [0, 0.05) is 17.3 Å². The predicted molar refractivity (Wildman–Crippen MR) is 98.6 cm³/mol.